The molecular weight excluding hydrogens is 324 g/mol. The molecule has 4 heteroatoms. The molecule has 2 aromatic rings. The third kappa shape index (κ3) is 4.85. The number of rotatable bonds is 6. The number of likely N-dealkylation sites (tertiary alicyclic amines) is 1. The molecule has 0 unspecified atom stereocenters. The van der Waals surface area contributed by atoms with Crippen LogP contribution in [-0.4, -0.2) is 44.6 Å². The SMILES string of the molecule is CN(C)c1ccc(C(=O)N2CCC(COCc3ccccc3)CC2)cc1. The first-order valence-corrected chi connectivity index (χ1v) is 9.32. The van der Waals surface area contributed by atoms with Crippen LogP contribution in [0, 0.1) is 5.92 Å². The van der Waals surface area contributed by atoms with E-state index in [9.17, 15) is 4.79 Å². The number of ether oxygens (including phenoxy) is 1. The fourth-order valence-electron chi connectivity index (χ4n) is 3.31. The molecule has 0 spiro atoms. The average Bonchev–Trinajstić information content (AvgIpc) is 2.69. The monoisotopic (exact) mass is 352 g/mol. The number of carbonyl (C=O) groups is 1. The van der Waals surface area contributed by atoms with E-state index < -0.39 is 0 Å². The Hall–Kier alpha value is -2.33. The minimum absolute atomic E-state index is 0.138. The molecule has 1 saturated heterocycles. The molecule has 3 rings (SSSR count). The number of nitrogens with zero attached hydrogens (tertiary/aromatic N) is 2. The summed E-state index contributed by atoms with van der Waals surface area (Å²) in [6, 6.07) is 18.1. The summed E-state index contributed by atoms with van der Waals surface area (Å²) in [6.07, 6.45) is 2.02. The van der Waals surface area contributed by atoms with Crippen molar-refractivity contribution >= 4 is 11.6 Å². The summed E-state index contributed by atoms with van der Waals surface area (Å²) in [7, 11) is 4.00. The highest BCUT2D eigenvalue weighted by Crippen LogP contribution is 2.21. The molecule has 1 aliphatic rings. The smallest absolute Gasteiger partial charge is 0.253 e. The maximum atomic E-state index is 12.7. The van der Waals surface area contributed by atoms with Gasteiger partial charge < -0.3 is 14.5 Å². The second kappa shape index (κ2) is 8.86. The first kappa shape index (κ1) is 18.5. The molecule has 2 aromatic carbocycles. The van der Waals surface area contributed by atoms with Crippen molar-refractivity contribution in [2.75, 3.05) is 38.7 Å². The van der Waals surface area contributed by atoms with Crippen LogP contribution < -0.4 is 4.90 Å². The van der Waals surface area contributed by atoms with Crippen molar-refractivity contribution in [1.29, 1.82) is 0 Å². The van der Waals surface area contributed by atoms with E-state index in [2.05, 4.69) is 12.1 Å². The van der Waals surface area contributed by atoms with Crippen molar-refractivity contribution < 1.29 is 9.53 Å². The van der Waals surface area contributed by atoms with Crippen LogP contribution in [-0.2, 0) is 11.3 Å². The maximum Gasteiger partial charge on any atom is 0.253 e. The Labute approximate surface area is 156 Å². The van der Waals surface area contributed by atoms with Gasteiger partial charge in [0.25, 0.3) is 5.91 Å². The lowest BCUT2D eigenvalue weighted by Crippen LogP contribution is -2.39. The summed E-state index contributed by atoms with van der Waals surface area (Å²) in [5.74, 6) is 0.679. The molecule has 138 valence electrons. The van der Waals surface area contributed by atoms with Gasteiger partial charge in [0.15, 0.2) is 0 Å². The van der Waals surface area contributed by atoms with Gasteiger partial charge in [-0.25, -0.2) is 0 Å². The van der Waals surface area contributed by atoms with Crippen LogP contribution in [0.5, 0.6) is 0 Å². The van der Waals surface area contributed by atoms with Gasteiger partial charge >= 0.3 is 0 Å². The van der Waals surface area contributed by atoms with E-state index in [0.29, 0.717) is 12.5 Å². The van der Waals surface area contributed by atoms with Crippen LogP contribution in [0.3, 0.4) is 0 Å². The van der Waals surface area contributed by atoms with E-state index in [4.69, 9.17) is 4.74 Å². The van der Waals surface area contributed by atoms with Gasteiger partial charge in [-0.05, 0) is 48.6 Å². The van der Waals surface area contributed by atoms with Gasteiger partial charge in [0.05, 0.1) is 6.61 Å². The Balaban J connectivity index is 1.43. The Bertz CT molecular complexity index is 690. The van der Waals surface area contributed by atoms with Gasteiger partial charge in [-0.3, -0.25) is 4.79 Å². The van der Waals surface area contributed by atoms with E-state index in [1.54, 1.807) is 0 Å². The first-order valence-electron chi connectivity index (χ1n) is 9.32. The van der Waals surface area contributed by atoms with Crippen LogP contribution in [0.2, 0.25) is 0 Å². The van der Waals surface area contributed by atoms with Gasteiger partial charge in [-0.2, -0.15) is 0 Å². The third-order valence-electron chi connectivity index (χ3n) is 5.00. The molecule has 4 nitrogen and oxygen atoms in total. The first-order chi connectivity index (χ1) is 12.6. The zero-order valence-electron chi connectivity index (χ0n) is 15.7. The number of benzene rings is 2. The van der Waals surface area contributed by atoms with Crippen molar-refractivity contribution in [3.8, 4) is 0 Å². The van der Waals surface area contributed by atoms with E-state index in [-0.39, 0.29) is 5.91 Å². The predicted octanol–water partition coefficient (Wildman–Crippen LogP) is 3.82. The number of hydrogen-bond donors (Lipinski definition) is 0. The number of amides is 1. The third-order valence-corrected chi connectivity index (χ3v) is 5.00. The van der Waals surface area contributed by atoms with Gasteiger partial charge in [0.1, 0.15) is 0 Å². The molecule has 0 N–H and O–H groups in total. The topological polar surface area (TPSA) is 32.8 Å². The molecule has 1 aliphatic heterocycles. The Morgan fingerprint density at radius 3 is 2.31 bits per heavy atom. The summed E-state index contributed by atoms with van der Waals surface area (Å²) in [4.78, 5) is 16.7. The lowest BCUT2D eigenvalue weighted by atomic mass is 9.97. The molecule has 0 aromatic heterocycles. The maximum absolute atomic E-state index is 12.7. The highest BCUT2D eigenvalue weighted by atomic mass is 16.5. The summed E-state index contributed by atoms with van der Waals surface area (Å²) < 4.78 is 5.87. The molecule has 1 heterocycles. The van der Waals surface area contributed by atoms with E-state index in [1.165, 1.54) is 5.56 Å². The van der Waals surface area contributed by atoms with E-state index in [1.807, 2.05) is 66.4 Å². The van der Waals surface area contributed by atoms with Crippen LogP contribution in [0.15, 0.2) is 54.6 Å². The quantitative estimate of drug-likeness (QED) is 0.792. The van der Waals surface area contributed by atoms with Crippen molar-refractivity contribution in [1.82, 2.24) is 4.90 Å². The zero-order chi connectivity index (χ0) is 18.4. The largest absolute Gasteiger partial charge is 0.378 e. The van der Waals surface area contributed by atoms with Crippen molar-refractivity contribution in [3.05, 3.63) is 65.7 Å². The van der Waals surface area contributed by atoms with Gasteiger partial charge in [-0.15, -0.1) is 0 Å². The zero-order valence-corrected chi connectivity index (χ0v) is 15.7. The van der Waals surface area contributed by atoms with Gasteiger partial charge in [-0.1, -0.05) is 30.3 Å². The molecule has 0 saturated carbocycles. The second-order valence-corrected chi connectivity index (χ2v) is 7.18. The van der Waals surface area contributed by atoms with Crippen molar-refractivity contribution in [2.45, 2.75) is 19.4 Å². The molecule has 1 fully saturated rings. The van der Waals surface area contributed by atoms with E-state index in [0.717, 1.165) is 43.8 Å². The average molecular weight is 352 g/mol. The summed E-state index contributed by atoms with van der Waals surface area (Å²) in [5, 5.41) is 0. The Kier molecular flexibility index (Phi) is 6.29. The lowest BCUT2D eigenvalue weighted by Gasteiger charge is -2.32. The van der Waals surface area contributed by atoms with Crippen LogP contribution >= 0.6 is 0 Å². The summed E-state index contributed by atoms with van der Waals surface area (Å²) in [6.45, 7) is 3.06. The number of piperidine rings is 1. The second-order valence-electron chi connectivity index (χ2n) is 7.18. The fraction of sp³-hybridized carbons (Fsp3) is 0.409. The molecule has 0 radical (unpaired) electrons. The Morgan fingerprint density at radius 2 is 1.69 bits per heavy atom. The minimum atomic E-state index is 0.138. The lowest BCUT2D eigenvalue weighted by molar-refractivity contribution is 0.0478. The number of anilines is 1. The van der Waals surface area contributed by atoms with Crippen molar-refractivity contribution in [2.24, 2.45) is 5.92 Å². The molecule has 0 atom stereocenters. The normalized spacial score (nSPS) is 15.1. The molecule has 26 heavy (non-hydrogen) atoms. The minimum Gasteiger partial charge on any atom is -0.378 e. The predicted molar refractivity (Wildman–Crippen MR) is 105 cm³/mol. The molecule has 0 bridgehead atoms. The molecule has 1 amide bonds. The van der Waals surface area contributed by atoms with Crippen LogP contribution in [0.25, 0.3) is 0 Å². The van der Waals surface area contributed by atoms with Crippen LogP contribution in [0.1, 0.15) is 28.8 Å². The fourth-order valence-corrected chi connectivity index (χ4v) is 3.31. The standard InChI is InChI=1S/C22H28N2O2/c1-23(2)21-10-8-20(9-11-21)22(25)24-14-12-19(13-15-24)17-26-16-18-6-4-3-5-7-18/h3-11,19H,12-17H2,1-2H3. The number of hydrogen-bond acceptors (Lipinski definition) is 3. The molecular formula is C22H28N2O2. The Morgan fingerprint density at radius 1 is 1.04 bits per heavy atom. The van der Waals surface area contributed by atoms with Gasteiger partial charge in [0, 0.05) is 45.0 Å². The highest BCUT2D eigenvalue weighted by Gasteiger charge is 2.23. The summed E-state index contributed by atoms with van der Waals surface area (Å²) >= 11 is 0. The van der Waals surface area contributed by atoms with Gasteiger partial charge in [0.2, 0.25) is 0 Å². The van der Waals surface area contributed by atoms with Crippen molar-refractivity contribution in [3.63, 3.8) is 0 Å². The number of carbonyl (C=O) groups excluding carboxylic acids is 1. The molecule has 0 aliphatic carbocycles. The highest BCUT2D eigenvalue weighted by molar-refractivity contribution is 5.94. The summed E-state index contributed by atoms with van der Waals surface area (Å²) in [5.41, 5.74) is 3.09. The van der Waals surface area contributed by atoms with Crippen LogP contribution in [0.4, 0.5) is 5.69 Å². The van der Waals surface area contributed by atoms with E-state index >= 15 is 0 Å².